The van der Waals surface area contributed by atoms with Crippen molar-refractivity contribution < 1.29 is 14.0 Å². The first-order valence-corrected chi connectivity index (χ1v) is 11.0. The number of fused-ring (bicyclic) bond motifs is 3. The lowest BCUT2D eigenvalue weighted by Crippen LogP contribution is -2.64. The Bertz CT molecular complexity index is 1110. The molecule has 0 radical (unpaired) electrons. The maximum atomic E-state index is 13.7. The van der Waals surface area contributed by atoms with Crippen molar-refractivity contribution in [3.05, 3.63) is 54.2 Å². The van der Waals surface area contributed by atoms with Crippen LogP contribution in [-0.2, 0) is 17.9 Å². The number of furan rings is 1. The van der Waals surface area contributed by atoms with Crippen LogP contribution in [0.1, 0.15) is 55.6 Å². The molecule has 2 aliphatic rings. The van der Waals surface area contributed by atoms with E-state index >= 15 is 0 Å². The number of pyridine rings is 1. The standard InChI is InChI=1S/C24H28N4O3/c1-16-5-7-18(8-6-16)26-23(30)24(2)15-27-19-9-11-31-21(19)12-20(27)22(29)28(24)14-17-4-3-10-25-13-17/h3-4,9-13,16,18H,5-8,14-15H2,1-2H3,(H,26,30). The zero-order valence-electron chi connectivity index (χ0n) is 18.0. The van der Waals surface area contributed by atoms with Crippen LogP contribution in [0, 0.1) is 5.92 Å². The molecule has 2 amide bonds. The first-order chi connectivity index (χ1) is 15.0. The Kier molecular flexibility index (Phi) is 4.84. The Morgan fingerprint density at radius 1 is 1.29 bits per heavy atom. The molecule has 1 saturated carbocycles. The third kappa shape index (κ3) is 3.42. The molecule has 0 saturated heterocycles. The molecule has 0 aromatic carbocycles. The number of amides is 2. The lowest BCUT2D eigenvalue weighted by molar-refractivity contribution is -0.134. The van der Waals surface area contributed by atoms with Crippen LogP contribution in [0.4, 0.5) is 0 Å². The van der Waals surface area contributed by atoms with E-state index < -0.39 is 5.54 Å². The Labute approximate surface area is 181 Å². The van der Waals surface area contributed by atoms with E-state index in [1.807, 2.05) is 29.7 Å². The highest BCUT2D eigenvalue weighted by Crippen LogP contribution is 2.34. The fraction of sp³-hybridized carbons (Fsp3) is 0.458. The Hall–Kier alpha value is -3.09. The second kappa shape index (κ2) is 7.55. The topological polar surface area (TPSA) is 80.4 Å². The first-order valence-electron chi connectivity index (χ1n) is 11.0. The van der Waals surface area contributed by atoms with Crippen molar-refractivity contribution in [1.82, 2.24) is 19.8 Å². The van der Waals surface area contributed by atoms with Gasteiger partial charge >= 0.3 is 0 Å². The van der Waals surface area contributed by atoms with Crippen LogP contribution in [0.5, 0.6) is 0 Å². The molecule has 7 heteroatoms. The van der Waals surface area contributed by atoms with Crippen molar-refractivity contribution in [2.45, 2.75) is 64.2 Å². The number of hydrogen-bond acceptors (Lipinski definition) is 4. The third-order valence-corrected chi connectivity index (χ3v) is 6.95. The minimum atomic E-state index is -1.02. The molecule has 1 aliphatic carbocycles. The Morgan fingerprint density at radius 2 is 2.10 bits per heavy atom. The number of hydrogen-bond donors (Lipinski definition) is 1. The molecule has 4 heterocycles. The maximum absolute atomic E-state index is 13.7. The smallest absolute Gasteiger partial charge is 0.271 e. The Balaban J connectivity index is 1.50. The van der Waals surface area contributed by atoms with Crippen molar-refractivity contribution in [3.63, 3.8) is 0 Å². The summed E-state index contributed by atoms with van der Waals surface area (Å²) in [4.78, 5) is 33.1. The molecule has 0 bridgehead atoms. The van der Waals surface area contributed by atoms with Gasteiger partial charge in [0.15, 0.2) is 5.58 Å². The zero-order chi connectivity index (χ0) is 21.6. The average molecular weight is 421 g/mol. The van der Waals surface area contributed by atoms with Crippen molar-refractivity contribution in [2.24, 2.45) is 5.92 Å². The quantitative estimate of drug-likeness (QED) is 0.697. The summed E-state index contributed by atoms with van der Waals surface area (Å²) in [5, 5.41) is 3.27. The number of carbonyl (C=O) groups excluding carboxylic acids is 2. The van der Waals surface area contributed by atoms with Crippen LogP contribution < -0.4 is 5.32 Å². The van der Waals surface area contributed by atoms with Gasteiger partial charge in [-0.25, -0.2) is 0 Å². The summed E-state index contributed by atoms with van der Waals surface area (Å²) >= 11 is 0. The molecule has 162 valence electrons. The minimum absolute atomic E-state index is 0.0970. The van der Waals surface area contributed by atoms with E-state index in [9.17, 15) is 9.59 Å². The van der Waals surface area contributed by atoms with Crippen molar-refractivity contribution >= 4 is 22.9 Å². The van der Waals surface area contributed by atoms with Crippen molar-refractivity contribution in [1.29, 1.82) is 0 Å². The molecule has 1 N–H and O–H groups in total. The van der Waals surface area contributed by atoms with Gasteiger partial charge in [0.1, 0.15) is 11.2 Å². The highest BCUT2D eigenvalue weighted by molar-refractivity contribution is 6.02. The second-order valence-corrected chi connectivity index (χ2v) is 9.24. The largest absolute Gasteiger partial charge is 0.463 e. The summed E-state index contributed by atoms with van der Waals surface area (Å²) in [5.41, 5.74) is 1.93. The van der Waals surface area contributed by atoms with Gasteiger partial charge in [0, 0.05) is 37.1 Å². The number of nitrogens with one attached hydrogen (secondary N) is 1. The summed E-state index contributed by atoms with van der Waals surface area (Å²) < 4.78 is 7.45. The molecular weight excluding hydrogens is 392 g/mol. The summed E-state index contributed by atoms with van der Waals surface area (Å²) in [6.07, 6.45) is 9.28. The van der Waals surface area contributed by atoms with Crippen LogP contribution in [0.2, 0.25) is 0 Å². The summed E-state index contributed by atoms with van der Waals surface area (Å²) in [5.74, 6) is 0.440. The van der Waals surface area contributed by atoms with E-state index in [4.69, 9.17) is 4.42 Å². The number of aromatic nitrogens is 2. The second-order valence-electron chi connectivity index (χ2n) is 9.24. The molecule has 3 aromatic heterocycles. The fourth-order valence-electron chi connectivity index (χ4n) is 4.94. The third-order valence-electron chi connectivity index (χ3n) is 6.95. The molecule has 1 fully saturated rings. The van der Waals surface area contributed by atoms with Crippen LogP contribution >= 0.6 is 0 Å². The summed E-state index contributed by atoms with van der Waals surface area (Å²) in [7, 11) is 0. The van der Waals surface area contributed by atoms with Crippen molar-refractivity contribution in [3.8, 4) is 0 Å². The number of carbonyl (C=O) groups is 2. The van der Waals surface area contributed by atoms with Crippen LogP contribution in [0.25, 0.3) is 11.1 Å². The van der Waals surface area contributed by atoms with Crippen LogP contribution in [0.15, 0.2) is 47.3 Å². The molecule has 7 nitrogen and oxygen atoms in total. The van der Waals surface area contributed by atoms with Gasteiger partial charge in [-0.1, -0.05) is 13.0 Å². The highest BCUT2D eigenvalue weighted by atomic mass is 16.3. The monoisotopic (exact) mass is 420 g/mol. The SMILES string of the molecule is CC1CCC(NC(=O)C2(C)Cn3c(cc4occc43)C(=O)N2Cc2cccnc2)CC1. The number of rotatable bonds is 4. The highest BCUT2D eigenvalue weighted by Gasteiger charge is 2.48. The van der Waals surface area contributed by atoms with E-state index in [-0.39, 0.29) is 17.9 Å². The molecule has 0 spiro atoms. The van der Waals surface area contributed by atoms with Gasteiger partial charge in [0.05, 0.1) is 18.3 Å². The van der Waals surface area contributed by atoms with Gasteiger partial charge in [-0.3, -0.25) is 14.6 Å². The molecular formula is C24H28N4O3. The van der Waals surface area contributed by atoms with E-state index in [0.29, 0.717) is 30.3 Å². The predicted octanol–water partition coefficient (Wildman–Crippen LogP) is 3.74. The molecule has 1 atom stereocenters. The first kappa shape index (κ1) is 19.8. The van der Waals surface area contributed by atoms with E-state index in [1.165, 1.54) is 0 Å². The van der Waals surface area contributed by atoms with Gasteiger partial charge in [-0.15, -0.1) is 0 Å². The van der Waals surface area contributed by atoms with E-state index in [0.717, 1.165) is 36.8 Å². The molecule has 5 rings (SSSR count). The van der Waals surface area contributed by atoms with Gasteiger partial charge in [0.25, 0.3) is 5.91 Å². The molecule has 1 aliphatic heterocycles. The predicted molar refractivity (Wildman–Crippen MR) is 116 cm³/mol. The maximum Gasteiger partial charge on any atom is 0.271 e. The van der Waals surface area contributed by atoms with Gasteiger partial charge in [0.2, 0.25) is 5.91 Å². The fourth-order valence-corrected chi connectivity index (χ4v) is 4.94. The lowest BCUT2D eigenvalue weighted by Gasteiger charge is -2.45. The molecule has 1 unspecified atom stereocenters. The van der Waals surface area contributed by atoms with Gasteiger partial charge in [-0.05, 0) is 50.2 Å². The van der Waals surface area contributed by atoms with Crippen molar-refractivity contribution in [2.75, 3.05) is 0 Å². The van der Waals surface area contributed by atoms with E-state index in [2.05, 4.69) is 17.2 Å². The van der Waals surface area contributed by atoms with Crippen LogP contribution in [-0.4, -0.2) is 37.8 Å². The number of nitrogens with zero attached hydrogens (tertiary/aromatic N) is 3. The Morgan fingerprint density at radius 3 is 2.84 bits per heavy atom. The lowest BCUT2D eigenvalue weighted by atomic mass is 9.86. The summed E-state index contributed by atoms with van der Waals surface area (Å²) in [6, 6.07) is 7.56. The van der Waals surface area contributed by atoms with E-state index in [1.54, 1.807) is 29.6 Å². The zero-order valence-corrected chi connectivity index (χ0v) is 18.0. The molecule has 3 aromatic rings. The van der Waals surface area contributed by atoms with Crippen LogP contribution in [0.3, 0.4) is 0 Å². The van der Waals surface area contributed by atoms with Gasteiger partial charge in [-0.2, -0.15) is 0 Å². The summed E-state index contributed by atoms with van der Waals surface area (Å²) in [6.45, 7) is 4.84. The average Bonchev–Trinajstić information content (AvgIpc) is 3.36. The minimum Gasteiger partial charge on any atom is -0.463 e. The molecule has 31 heavy (non-hydrogen) atoms. The van der Waals surface area contributed by atoms with Gasteiger partial charge < -0.3 is 19.2 Å². The normalized spacial score (nSPS) is 26.1.